The smallest absolute Gasteiger partial charge is 0.319 e. The second-order valence-corrected chi connectivity index (χ2v) is 9.33. The molecule has 1 aliphatic heterocycles. The number of hydrogen-bond donors (Lipinski definition) is 3. The molecule has 3 N–H and O–H groups in total. The van der Waals surface area contributed by atoms with Crippen molar-refractivity contribution < 1.29 is 19.1 Å². The number of nitrogens with one attached hydrogen (secondary N) is 3. The molecule has 2 atom stereocenters. The molecule has 0 fully saturated rings. The number of carbonyl (C=O) groups excluding carboxylic acids is 2. The number of halogens is 1. The van der Waals surface area contributed by atoms with E-state index < -0.39 is 12.1 Å². The number of amides is 3. The summed E-state index contributed by atoms with van der Waals surface area (Å²) in [6, 6.07) is 11.5. The van der Waals surface area contributed by atoms with Crippen LogP contribution in [0.15, 0.2) is 46.9 Å². The molecule has 11 heteroatoms. The van der Waals surface area contributed by atoms with E-state index in [2.05, 4.69) is 42.1 Å². The minimum Gasteiger partial charge on any atom is -0.454 e. The van der Waals surface area contributed by atoms with Gasteiger partial charge in [0.25, 0.3) is 0 Å². The molecule has 4 rings (SSSR count). The predicted molar refractivity (Wildman–Crippen MR) is 130 cm³/mol. The van der Waals surface area contributed by atoms with E-state index in [-0.39, 0.29) is 18.6 Å². The fraction of sp³-hybridized carbons (Fsp3) is 0.273. The van der Waals surface area contributed by atoms with Crippen LogP contribution in [-0.2, 0) is 4.79 Å². The summed E-state index contributed by atoms with van der Waals surface area (Å²) >= 11 is 4.59. The average Bonchev–Trinajstić information content (AvgIpc) is 3.47. The summed E-state index contributed by atoms with van der Waals surface area (Å²) in [5.74, 6) is 0.873. The van der Waals surface area contributed by atoms with E-state index in [0.717, 1.165) is 10.0 Å². The Hall–Kier alpha value is -3.18. The predicted octanol–water partition coefficient (Wildman–Crippen LogP) is 4.87. The van der Waals surface area contributed by atoms with Gasteiger partial charge in [-0.15, -0.1) is 10.2 Å². The van der Waals surface area contributed by atoms with Gasteiger partial charge >= 0.3 is 6.03 Å². The Morgan fingerprint density at radius 1 is 1.09 bits per heavy atom. The molecule has 0 aliphatic carbocycles. The van der Waals surface area contributed by atoms with Gasteiger partial charge in [0, 0.05) is 15.7 Å². The second-order valence-electron chi connectivity index (χ2n) is 7.44. The number of carbonyl (C=O) groups is 2. The molecule has 2 unspecified atom stereocenters. The van der Waals surface area contributed by atoms with Crippen LogP contribution in [0.3, 0.4) is 0 Å². The van der Waals surface area contributed by atoms with Crippen LogP contribution < -0.4 is 25.4 Å². The highest BCUT2D eigenvalue weighted by atomic mass is 79.9. The quantitative estimate of drug-likeness (QED) is 0.400. The van der Waals surface area contributed by atoms with Crippen molar-refractivity contribution in [2.24, 2.45) is 5.92 Å². The van der Waals surface area contributed by atoms with Gasteiger partial charge in [0.1, 0.15) is 11.0 Å². The Bertz CT molecular complexity index is 1150. The molecular formula is C22H22BrN5O4S. The van der Waals surface area contributed by atoms with Crippen molar-refractivity contribution in [1.29, 1.82) is 0 Å². The minimum absolute atomic E-state index is 0.0954. The largest absolute Gasteiger partial charge is 0.454 e. The molecule has 1 aliphatic rings. The van der Waals surface area contributed by atoms with E-state index in [1.54, 1.807) is 12.1 Å². The van der Waals surface area contributed by atoms with Gasteiger partial charge in [-0.05, 0) is 48.4 Å². The number of urea groups is 1. The van der Waals surface area contributed by atoms with Crippen molar-refractivity contribution in [3.8, 4) is 22.1 Å². The first kappa shape index (κ1) is 23.0. The van der Waals surface area contributed by atoms with Gasteiger partial charge in [-0.2, -0.15) is 0 Å². The molecule has 9 nitrogen and oxygen atoms in total. The number of hydrogen-bond acceptors (Lipinski definition) is 7. The third-order valence-electron chi connectivity index (χ3n) is 5.16. The SMILES string of the molecule is CCC(C)C(NC(=O)Nc1ccc(Br)cc1)C(=O)Nc1nnc(-c2ccc3c(c2)OCO3)s1. The van der Waals surface area contributed by atoms with Crippen molar-refractivity contribution in [2.45, 2.75) is 26.3 Å². The van der Waals surface area contributed by atoms with Gasteiger partial charge in [0.2, 0.25) is 17.8 Å². The maximum atomic E-state index is 13.0. The maximum Gasteiger partial charge on any atom is 0.319 e. The molecule has 1 aromatic heterocycles. The van der Waals surface area contributed by atoms with Crippen LogP contribution in [-0.4, -0.2) is 35.0 Å². The Labute approximate surface area is 203 Å². The first-order chi connectivity index (χ1) is 15.9. The summed E-state index contributed by atoms with van der Waals surface area (Å²) in [5.41, 5.74) is 1.43. The van der Waals surface area contributed by atoms with Crippen LogP contribution in [0.25, 0.3) is 10.6 Å². The van der Waals surface area contributed by atoms with Crippen molar-refractivity contribution in [3.63, 3.8) is 0 Å². The summed E-state index contributed by atoms with van der Waals surface area (Å²) in [6.07, 6.45) is 0.704. The maximum absolute atomic E-state index is 13.0. The van der Waals surface area contributed by atoms with E-state index in [1.165, 1.54) is 11.3 Å². The Morgan fingerprint density at radius 3 is 2.61 bits per heavy atom. The van der Waals surface area contributed by atoms with E-state index in [1.807, 2.05) is 44.2 Å². The lowest BCUT2D eigenvalue weighted by Gasteiger charge is -2.23. The fourth-order valence-corrected chi connectivity index (χ4v) is 4.15. The van der Waals surface area contributed by atoms with Gasteiger partial charge in [-0.3, -0.25) is 10.1 Å². The molecule has 0 bridgehead atoms. The summed E-state index contributed by atoms with van der Waals surface area (Å²) < 4.78 is 11.6. The van der Waals surface area contributed by atoms with Crippen LogP contribution in [0, 0.1) is 5.92 Å². The number of nitrogens with zero attached hydrogens (tertiary/aromatic N) is 2. The molecule has 33 heavy (non-hydrogen) atoms. The summed E-state index contributed by atoms with van der Waals surface area (Å²) in [7, 11) is 0. The molecule has 0 radical (unpaired) electrons. The van der Waals surface area contributed by atoms with E-state index in [4.69, 9.17) is 9.47 Å². The minimum atomic E-state index is -0.747. The molecule has 0 saturated carbocycles. The zero-order chi connectivity index (χ0) is 23.4. The normalized spacial score (nSPS) is 13.8. The molecule has 0 spiro atoms. The lowest BCUT2D eigenvalue weighted by molar-refractivity contribution is -0.119. The second kappa shape index (κ2) is 10.2. The van der Waals surface area contributed by atoms with Crippen molar-refractivity contribution >= 4 is 50.0 Å². The number of benzene rings is 2. The molecule has 2 heterocycles. The lowest BCUT2D eigenvalue weighted by Crippen LogP contribution is -2.49. The summed E-state index contributed by atoms with van der Waals surface area (Å²) in [6.45, 7) is 4.06. The zero-order valence-corrected chi connectivity index (χ0v) is 20.3. The van der Waals surface area contributed by atoms with Crippen molar-refractivity contribution in [1.82, 2.24) is 15.5 Å². The van der Waals surface area contributed by atoms with Gasteiger partial charge < -0.3 is 20.1 Å². The zero-order valence-electron chi connectivity index (χ0n) is 17.9. The molecule has 172 valence electrons. The third-order valence-corrected chi connectivity index (χ3v) is 6.58. The van der Waals surface area contributed by atoms with E-state index >= 15 is 0 Å². The molecule has 0 saturated heterocycles. The average molecular weight is 532 g/mol. The number of aromatic nitrogens is 2. The summed E-state index contributed by atoms with van der Waals surface area (Å²) in [4.78, 5) is 25.5. The molecule has 3 aromatic rings. The van der Waals surface area contributed by atoms with Gasteiger partial charge in [-0.1, -0.05) is 47.5 Å². The molecule has 3 amide bonds. The Balaban J connectivity index is 1.42. The highest BCUT2D eigenvalue weighted by Crippen LogP contribution is 2.37. The fourth-order valence-electron chi connectivity index (χ4n) is 3.15. The first-order valence-electron chi connectivity index (χ1n) is 10.3. The number of fused-ring (bicyclic) bond motifs is 1. The highest BCUT2D eigenvalue weighted by molar-refractivity contribution is 9.10. The third kappa shape index (κ3) is 5.60. The first-order valence-corrected chi connectivity index (χ1v) is 11.9. The number of anilines is 2. The van der Waals surface area contributed by atoms with Crippen molar-refractivity contribution in [2.75, 3.05) is 17.4 Å². The van der Waals surface area contributed by atoms with Gasteiger partial charge in [0.15, 0.2) is 11.5 Å². The van der Waals surface area contributed by atoms with Crippen molar-refractivity contribution in [3.05, 3.63) is 46.9 Å². The van der Waals surface area contributed by atoms with E-state index in [9.17, 15) is 9.59 Å². The summed E-state index contributed by atoms with van der Waals surface area (Å²) in [5, 5.41) is 17.5. The number of rotatable bonds is 7. The topological polar surface area (TPSA) is 114 Å². The Kier molecular flexibility index (Phi) is 7.09. The van der Waals surface area contributed by atoms with Crippen LogP contribution in [0.1, 0.15) is 20.3 Å². The van der Waals surface area contributed by atoms with Crippen LogP contribution in [0.2, 0.25) is 0 Å². The van der Waals surface area contributed by atoms with Crippen LogP contribution >= 0.6 is 27.3 Å². The monoisotopic (exact) mass is 531 g/mol. The van der Waals surface area contributed by atoms with Gasteiger partial charge in [-0.25, -0.2) is 4.79 Å². The lowest BCUT2D eigenvalue weighted by atomic mass is 9.98. The van der Waals surface area contributed by atoms with Crippen LogP contribution in [0.4, 0.5) is 15.6 Å². The molecule has 2 aromatic carbocycles. The number of ether oxygens (including phenoxy) is 2. The molecular weight excluding hydrogens is 510 g/mol. The van der Waals surface area contributed by atoms with Crippen LogP contribution in [0.5, 0.6) is 11.5 Å². The highest BCUT2D eigenvalue weighted by Gasteiger charge is 2.27. The standard InChI is InChI=1S/C22H22BrN5O4S/c1-3-12(2)18(25-21(30)24-15-7-5-14(23)6-8-15)19(29)26-22-28-27-20(33-22)13-4-9-16-17(10-13)32-11-31-16/h4-10,12,18H,3,11H2,1-2H3,(H2,24,25,30)(H,26,28,29). The van der Waals surface area contributed by atoms with E-state index in [0.29, 0.717) is 33.7 Å². The Morgan fingerprint density at radius 2 is 1.85 bits per heavy atom. The van der Waals surface area contributed by atoms with Gasteiger partial charge in [0.05, 0.1) is 0 Å².